The third kappa shape index (κ3) is 2.00. The van der Waals surface area contributed by atoms with Crippen LogP contribution >= 0.6 is 0 Å². The van der Waals surface area contributed by atoms with Gasteiger partial charge in [-0.1, -0.05) is 0 Å². The van der Waals surface area contributed by atoms with Crippen LogP contribution in [0.15, 0.2) is 0 Å². The summed E-state index contributed by atoms with van der Waals surface area (Å²) in [6.07, 6.45) is 0.285. The molecule has 0 radical (unpaired) electrons. The molecule has 2 N–H and O–H groups in total. The normalized spacial score (nSPS) is 33.5. The van der Waals surface area contributed by atoms with E-state index in [1.807, 2.05) is 0 Å². The van der Waals surface area contributed by atoms with Crippen molar-refractivity contribution < 1.29 is 9.90 Å². The predicted molar refractivity (Wildman–Crippen MR) is 48.5 cm³/mol. The smallest absolute Gasteiger partial charge is 0.304 e. The molecule has 0 bridgehead atoms. The van der Waals surface area contributed by atoms with Gasteiger partial charge < -0.3 is 15.3 Å². The van der Waals surface area contributed by atoms with Gasteiger partial charge in [-0.05, 0) is 24.9 Å². The molecule has 0 aromatic heterocycles. The van der Waals surface area contributed by atoms with Crippen LogP contribution in [0.5, 0.6) is 0 Å². The van der Waals surface area contributed by atoms with E-state index in [0.717, 1.165) is 44.6 Å². The van der Waals surface area contributed by atoms with Crippen molar-refractivity contribution in [3.63, 3.8) is 0 Å². The van der Waals surface area contributed by atoms with Gasteiger partial charge in [-0.3, -0.25) is 4.79 Å². The summed E-state index contributed by atoms with van der Waals surface area (Å²) in [5.74, 6) is 0.859. The summed E-state index contributed by atoms with van der Waals surface area (Å²) in [4.78, 5) is 12.6. The van der Waals surface area contributed by atoms with Crippen LogP contribution in [0, 0.1) is 11.8 Å². The van der Waals surface area contributed by atoms with Crippen LogP contribution in [0.4, 0.5) is 0 Å². The van der Waals surface area contributed by atoms with Crippen molar-refractivity contribution >= 4 is 5.97 Å². The number of fused-ring (bicyclic) bond motifs is 1. The number of hydrogen-bond donors (Lipinski definition) is 2. The minimum Gasteiger partial charge on any atom is -0.481 e. The number of aliphatic carboxylic acids is 1. The molecule has 2 saturated heterocycles. The second-order valence-electron chi connectivity index (χ2n) is 4.08. The Labute approximate surface area is 77.9 Å². The molecule has 4 nitrogen and oxygen atoms in total. The molecule has 2 fully saturated rings. The highest BCUT2D eigenvalue weighted by Gasteiger charge is 2.35. The Balaban J connectivity index is 1.75. The molecule has 4 heteroatoms. The molecule has 2 atom stereocenters. The van der Waals surface area contributed by atoms with E-state index in [4.69, 9.17) is 5.11 Å². The Morgan fingerprint density at radius 3 is 2.54 bits per heavy atom. The van der Waals surface area contributed by atoms with Gasteiger partial charge >= 0.3 is 5.97 Å². The van der Waals surface area contributed by atoms with Crippen LogP contribution in [0.1, 0.15) is 6.42 Å². The van der Waals surface area contributed by atoms with E-state index >= 15 is 0 Å². The van der Waals surface area contributed by atoms with Crippen molar-refractivity contribution in [1.82, 2.24) is 10.2 Å². The molecule has 0 amide bonds. The van der Waals surface area contributed by atoms with Crippen LogP contribution < -0.4 is 5.32 Å². The predicted octanol–water partition coefficient (Wildman–Crippen LogP) is -0.388. The van der Waals surface area contributed by atoms with E-state index < -0.39 is 5.97 Å². The van der Waals surface area contributed by atoms with Gasteiger partial charge in [-0.15, -0.1) is 0 Å². The van der Waals surface area contributed by atoms with Crippen LogP contribution in [0.3, 0.4) is 0 Å². The first kappa shape index (κ1) is 8.97. The molecule has 0 unspecified atom stereocenters. The van der Waals surface area contributed by atoms with Crippen LogP contribution in [0.25, 0.3) is 0 Å². The van der Waals surface area contributed by atoms with Gasteiger partial charge in [0.2, 0.25) is 0 Å². The maximum absolute atomic E-state index is 10.4. The molecular weight excluding hydrogens is 168 g/mol. The Bertz CT molecular complexity index is 196. The van der Waals surface area contributed by atoms with Crippen LogP contribution in [-0.4, -0.2) is 48.7 Å². The van der Waals surface area contributed by atoms with E-state index in [9.17, 15) is 4.79 Å². The lowest BCUT2D eigenvalue weighted by molar-refractivity contribution is -0.137. The Hall–Kier alpha value is -0.610. The van der Waals surface area contributed by atoms with Gasteiger partial charge in [-0.2, -0.15) is 0 Å². The Morgan fingerprint density at radius 2 is 2.00 bits per heavy atom. The van der Waals surface area contributed by atoms with Gasteiger partial charge in [0.25, 0.3) is 0 Å². The molecule has 0 spiro atoms. The van der Waals surface area contributed by atoms with E-state index in [0.29, 0.717) is 0 Å². The van der Waals surface area contributed by atoms with Gasteiger partial charge in [0, 0.05) is 19.6 Å². The second kappa shape index (κ2) is 3.64. The minimum absolute atomic E-state index is 0.285. The molecule has 74 valence electrons. The quantitative estimate of drug-likeness (QED) is 0.627. The second-order valence-corrected chi connectivity index (χ2v) is 4.08. The third-order valence-corrected chi connectivity index (χ3v) is 3.11. The third-order valence-electron chi connectivity index (χ3n) is 3.11. The number of carbonyl (C=O) groups is 1. The number of hydrogen-bond acceptors (Lipinski definition) is 3. The van der Waals surface area contributed by atoms with Crippen molar-refractivity contribution in [2.45, 2.75) is 6.42 Å². The lowest BCUT2D eigenvalue weighted by Crippen LogP contribution is -2.27. The maximum atomic E-state index is 10.4. The van der Waals surface area contributed by atoms with Gasteiger partial charge in [0.05, 0.1) is 6.42 Å². The Morgan fingerprint density at radius 1 is 1.38 bits per heavy atom. The van der Waals surface area contributed by atoms with Crippen molar-refractivity contribution in [3.05, 3.63) is 0 Å². The molecule has 0 saturated carbocycles. The fraction of sp³-hybridized carbons (Fsp3) is 0.889. The standard InChI is InChI=1S/C9H16N2O2/c12-9(13)1-2-11-5-7-3-10-4-8(7)6-11/h7-8,10H,1-6H2,(H,12,13)/t7-,8+. The first-order valence-corrected chi connectivity index (χ1v) is 4.90. The average molecular weight is 184 g/mol. The summed E-state index contributed by atoms with van der Waals surface area (Å²) in [5, 5.41) is 11.9. The Kier molecular flexibility index (Phi) is 2.51. The van der Waals surface area contributed by atoms with E-state index in [1.165, 1.54) is 0 Å². The first-order chi connectivity index (χ1) is 6.25. The van der Waals surface area contributed by atoms with Crippen molar-refractivity contribution in [2.75, 3.05) is 32.7 Å². The summed E-state index contributed by atoms with van der Waals surface area (Å²) in [6, 6.07) is 0. The highest BCUT2D eigenvalue weighted by atomic mass is 16.4. The fourth-order valence-electron chi connectivity index (χ4n) is 2.39. The molecule has 0 aromatic rings. The number of nitrogens with one attached hydrogen (secondary N) is 1. The number of likely N-dealkylation sites (tertiary alicyclic amines) is 1. The molecule has 2 aliphatic rings. The van der Waals surface area contributed by atoms with E-state index in [1.54, 1.807) is 0 Å². The summed E-state index contributed by atoms with van der Waals surface area (Å²) < 4.78 is 0. The van der Waals surface area contributed by atoms with Crippen LogP contribution in [0.2, 0.25) is 0 Å². The largest absolute Gasteiger partial charge is 0.481 e. The lowest BCUT2D eigenvalue weighted by atomic mass is 10.0. The fourth-order valence-corrected chi connectivity index (χ4v) is 2.39. The van der Waals surface area contributed by atoms with Gasteiger partial charge in [-0.25, -0.2) is 0 Å². The summed E-state index contributed by atoms with van der Waals surface area (Å²) in [5.41, 5.74) is 0. The van der Waals surface area contributed by atoms with Gasteiger partial charge in [0.1, 0.15) is 0 Å². The van der Waals surface area contributed by atoms with E-state index in [-0.39, 0.29) is 6.42 Å². The molecule has 2 aliphatic heterocycles. The molecular formula is C9H16N2O2. The zero-order valence-electron chi connectivity index (χ0n) is 7.70. The molecule has 13 heavy (non-hydrogen) atoms. The number of carboxylic acid groups (broad SMARTS) is 1. The zero-order chi connectivity index (χ0) is 9.26. The molecule has 0 aromatic carbocycles. The van der Waals surface area contributed by atoms with Crippen molar-refractivity contribution in [1.29, 1.82) is 0 Å². The minimum atomic E-state index is -0.685. The highest BCUT2D eigenvalue weighted by Crippen LogP contribution is 2.25. The van der Waals surface area contributed by atoms with Crippen molar-refractivity contribution in [3.8, 4) is 0 Å². The number of rotatable bonds is 3. The molecule has 2 heterocycles. The monoisotopic (exact) mass is 184 g/mol. The zero-order valence-corrected chi connectivity index (χ0v) is 7.70. The van der Waals surface area contributed by atoms with E-state index in [2.05, 4.69) is 10.2 Å². The SMILES string of the molecule is O=C(O)CCN1C[C@H]2CNC[C@H]2C1. The lowest BCUT2D eigenvalue weighted by Gasteiger charge is -2.14. The topological polar surface area (TPSA) is 52.6 Å². The molecule has 2 rings (SSSR count). The summed E-state index contributed by atoms with van der Waals surface area (Å²) >= 11 is 0. The highest BCUT2D eigenvalue weighted by molar-refractivity contribution is 5.66. The maximum Gasteiger partial charge on any atom is 0.304 e. The van der Waals surface area contributed by atoms with Gasteiger partial charge in [0.15, 0.2) is 0 Å². The van der Waals surface area contributed by atoms with Crippen LogP contribution in [-0.2, 0) is 4.79 Å². The molecule has 0 aliphatic carbocycles. The number of nitrogens with zero attached hydrogens (tertiary/aromatic N) is 1. The summed E-state index contributed by atoms with van der Waals surface area (Å²) in [6.45, 7) is 5.14. The van der Waals surface area contributed by atoms with Crippen molar-refractivity contribution in [2.24, 2.45) is 11.8 Å². The summed E-state index contributed by atoms with van der Waals surface area (Å²) in [7, 11) is 0. The number of carboxylic acids is 1. The average Bonchev–Trinajstić information content (AvgIpc) is 2.58. The first-order valence-electron chi connectivity index (χ1n) is 4.90.